The molecule has 2 aromatic carbocycles. The van der Waals surface area contributed by atoms with Crippen LogP contribution in [-0.2, 0) is 19.4 Å². The highest BCUT2D eigenvalue weighted by Gasteiger charge is 2.34. The Labute approximate surface area is 235 Å². The number of imide groups is 1. The Kier molecular flexibility index (Phi) is 13.1. The third kappa shape index (κ3) is 9.22. The summed E-state index contributed by atoms with van der Waals surface area (Å²) in [5.41, 5.74) is 0.668. The van der Waals surface area contributed by atoms with Crippen LogP contribution in [0.5, 0.6) is 0 Å². The minimum absolute atomic E-state index is 0.0581. The number of carboxylic acid groups (broad SMARTS) is 1. The molecule has 41 heavy (non-hydrogen) atoms. The maximum Gasteiger partial charge on any atom is 0.364 e. The molecular weight excluding hydrogens is 540 g/mol. The fourth-order valence-corrected chi connectivity index (χ4v) is 4.03. The summed E-state index contributed by atoms with van der Waals surface area (Å²) >= 11 is 0. The molecule has 0 fully saturated rings. The van der Waals surface area contributed by atoms with Crippen molar-refractivity contribution in [2.75, 3.05) is 6.54 Å². The lowest BCUT2D eigenvalue weighted by molar-refractivity contribution is -0.236. The molecule has 1 atom stereocenters. The molecule has 0 spiro atoms. The largest absolute Gasteiger partial charge is 0.478 e. The summed E-state index contributed by atoms with van der Waals surface area (Å²) in [5.74, 6) is -4.13. The van der Waals surface area contributed by atoms with Crippen molar-refractivity contribution in [3.63, 3.8) is 0 Å². The molecule has 13 nitrogen and oxygen atoms in total. The molecule has 0 aromatic heterocycles. The highest BCUT2D eigenvalue weighted by Crippen LogP contribution is 2.22. The van der Waals surface area contributed by atoms with Crippen molar-refractivity contribution in [1.82, 2.24) is 10.2 Å². The van der Waals surface area contributed by atoms with E-state index in [9.17, 15) is 28.8 Å². The summed E-state index contributed by atoms with van der Waals surface area (Å²) in [6, 6.07) is 11.4. The fraction of sp³-hybridized carbons (Fsp3) is 0.357. The maximum absolute atomic E-state index is 12.1. The number of benzene rings is 2. The number of nitrogens with zero attached hydrogens (tertiary/aromatic N) is 1. The van der Waals surface area contributed by atoms with Gasteiger partial charge in [-0.05, 0) is 43.5 Å². The molecule has 1 heterocycles. The molecule has 0 saturated carbocycles. The zero-order chi connectivity index (χ0) is 30.4. The molecule has 4 N–H and O–H groups in total. The van der Waals surface area contributed by atoms with Gasteiger partial charge in [-0.25, -0.2) is 14.4 Å². The van der Waals surface area contributed by atoms with Crippen molar-refractivity contribution >= 4 is 35.6 Å². The van der Waals surface area contributed by atoms with Crippen LogP contribution in [0.4, 0.5) is 0 Å². The Morgan fingerprint density at radius 1 is 0.829 bits per heavy atom. The number of nitrogens with one attached hydrogen (secondary N) is 1. The fourth-order valence-electron chi connectivity index (χ4n) is 4.03. The summed E-state index contributed by atoms with van der Waals surface area (Å²) in [6.45, 7) is 2.24. The van der Waals surface area contributed by atoms with E-state index >= 15 is 0 Å². The number of hydrogen-bond donors (Lipinski definition) is 4. The SMILES string of the molecule is CCCCC(NC(=O)c1ccccc1C(=O)O)C(=O)OO.O=C(CCCCCN1C(=O)c2ccccc2C1=O)OO. The predicted octanol–water partition coefficient (Wildman–Crippen LogP) is 3.55. The number of carbonyl (C=O) groups excluding carboxylic acids is 5. The number of amides is 3. The second-order valence-electron chi connectivity index (χ2n) is 9.01. The topological polar surface area (TPSA) is 197 Å². The third-order valence-electron chi connectivity index (χ3n) is 6.17. The summed E-state index contributed by atoms with van der Waals surface area (Å²) in [7, 11) is 0. The molecule has 3 amide bonds. The first-order valence-corrected chi connectivity index (χ1v) is 12.9. The lowest BCUT2D eigenvalue weighted by Gasteiger charge is -2.15. The number of fused-ring (bicyclic) bond motifs is 1. The number of unbranched alkanes of at least 4 members (excludes halogenated alkanes) is 3. The standard InChI is InChI=1S/C14H17NO6.C14H15NO5/c1-2-3-8-11(14(19)21-20)15-12(16)9-6-4-5-7-10(9)13(17)18;16-12(20-19)8-2-1-5-9-15-13(17)10-6-3-4-7-11(10)14(15)18/h4-7,11,20H,2-3,8H2,1H3,(H,15,16)(H,17,18);3-4,6-7,19H,1-2,5,8-9H2. The number of carbonyl (C=O) groups is 6. The Hall–Kier alpha value is -4.62. The number of hydrogen-bond acceptors (Lipinski definition) is 10. The zero-order valence-corrected chi connectivity index (χ0v) is 22.4. The van der Waals surface area contributed by atoms with Gasteiger partial charge in [0.1, 0.15) is 6.04 Å². The van der Waals surface area contributed by atoms with E-state index < -0.39 is 29.9 Å². The third-order valence-corrected chi connectivity index (χ3v) is 6.17. The average Bonchev–Trinajstić information content (AvgIpc) is 3.23. The van der Waals surface area contributed by atoms with E-state index in [4.69, 9.17) is 15.6 Å². The molecule has 0 aliphatic carbocycles. The van der Waals surface area contributed by atoms with Crippen LogP contribution >= 0.6 is 0 Å². The molecule has 1 aliphatic rings. The van der Waals surface area contributed by atoms with E-state index in [1.54, 1.807) is 24.3 Å². The minimum Gasteiger partial charge on any atom is -0.478 e. The highest BCUT2D eigenvalue weighted by atomic mass is 17.1. The van der Waals surface area contributed by atoms with Gasteiger partial charge in [-0.2, -0.15) is 10.5 Å². The summed E-state index contributed by atoms with van der Waals surface area (Å²) in [4.78, 5) is 77.7. The van der Waals surface area contributed by atoms with Gasteiger partial charge in [0.15, 0.2) is 0 Å². The second-order valence-corrected chi connectivity index (χ2v) is 9.01. The van der Waals surface area contributed by atoms with E-state index in [1.165, 1.54) is 29.2 Å². The quantitative estimate of drug-likeness (QED) is 0.118. The summed E-state index contributed by atoms with van der Waals surface area (Å²) < 4.78 is 0. The molecular formula is C28H32N2O11. The Morgan fingerprint density at radius 2 is 1.41 bits per heavy atom. The Balaban J connectivity index is 0.000000287. The zero-order valence-electron chi connectivity index (χ0n) is 22.4. The lowest BCUT2D eigenvalue weighted by atomic mass is 10.1. The number of rotatable bonds is 13. The lowest BCUT2D eigenvalue weighted by Crippen LogP contribution is -2.42. The van der Waals surface area contributed by atoms with Crippen molar-refractivity contribution in [3.8, 4) is 0 Å². The van der Waals surface area contributed by atoms with Gasteiger partial charge in [0.2, 0.25) is 0 Å². The van der Waals surface area contributed by atoms with Crippen LogP contribution in [0, 0.1) is 0 Å². The first-order chi connectivity index (χ1) is 19.7. The molecule has 3 rings (SSSR count). The summed E-state index contributed by atoms with van der Waals surface area (Å²) in [5, 5.41) is 27.9. The van der Waals surface area contributed by atoms with Crippen LogP contribution in [0.15, 0.2) is 48.5 Å². The molecule has 1 unspecified atom stereocenters. The monoisotopic (exact) mass is 572 g/mol. The van der Waals surface area contributed by atoms with Gasteiger partial charge in [-0.3, -0.25) is 24.2 Å². The van der Waals surface area contributed by atoms with Crippen LogP contribution in [0.25, 0.3) is 0 Å². The first-order valence-electron chi connectivity index (χ1n) is 12.9. The Bertz CT molecular complexity index is 1230. The number of aromatic carboxylic acids is 1. The number of carboxylic acids is 1. The van der Waals surface area contributed by atoms with Crippen LogP contribution in [0.1, 0.15) is 93.3 Å². The van der Waals surface area contributed by atoms with E-state index in [0.29, 0.717) is 43.4 Å². The summed E-state index contributed by atoms with van der Waals surface area (Å²) in [6.07, 6.45) is 3.67. The van der Waals surface area contributed by atoms with Gasteiger partial charge in [-0.15, -0.1) is 0 Å². The van der Waals surface area contributed by atoms with Gasteiger partial charge in [0.25, 0.3) is 17.7 Å². The van der Waals surface area contributed by atoms with Gasteiger partial charge >= 0.3 is 17.9 Å². The van der Waals surface area contributed by atoms with Crippen molar-refractivity contribution < 1.29 is 54.2 Å². The van der Waals surface area contributed by atoms with Crippen LogP contribution in [0.2, 0.25) is 0 Å². The maximum atomic E-state index is 12.1. The molecule has 0 radical (unpaired) electrons. The van der Waals surface area contributed by atoms with E-state index in [0.717, 1.165) is 6.42 Å². The van der Waals surface area contributed by atoms with Gasteiger partial charge < -0.3 is 15.3 Å². The molecule has 2 aromatic rings. The predicted molar refractivity (Wildman–Crippen MR) is 142 cm³/mol. The van der Waals surface area contributed by atoms with Crippen LogP contribution in [0.3, 0.4) is 0 Å². The molecule has 0 saturated heterocycles. The first kappa shape index (κ1) is 32.6. The minimum atomic E-state index is -1.24. The van der Waals surface area contributed by atoms with Gasteiger partial charge in [0, 0.05) is 13.0 Å². The van der Waals surface area contributed by atoms with Gasteiger partial charge in [0.05, 0.1) is 22.3 Å². The van der Waals surface area contributed by atoms with E-state index in [1.807, 2.05) is 6.92 Å². The smallest absolute Gasteiger partial charge is 0.364 e. The van der Waals surface area contributed by atoms with E-state index in [2.05, 4.69) is 15.1 Å². The highest BCUT2D eigenvalue weighted by molar-refractivity contribution is 6.21. The Morgan fingerprint density at radius 3 is 1.95 bits per heavy atom. The normalized spacial score (nSPS) is 12.5. The molecule has 1 aliphatic heterocycles. The molecule has 0 bridgehead atoms. The van der Waals surface area contributed by atoms with Crippen molar-refractivity contribution in [2.24, 2.45) is 0 Å². The molecule has 220 valence electrons. The van der Waals surface area contributed by atoms with Crippen LogP contribution < -0.4 is 5.32 Å². The second kappa shape index (κ2) is 16.5. The van der Waals surface area contributed by atoms with E-state index in [-0.39, 0.29) is 35.8 Å². The average molecular weight is 573 g/mol. The van der Waals surface area contributed by atoms with Crippen molar-refractivity contribution in [2.45, 2.75) is 57.9 Å². The van der Waals surface area contributed by atoms with Gasteiger partial charge in [-0.1, -0.05) is 50.5 Å². The molecule has 13 heteroatoms. The van der Waals surface area contributed by atoms with Crippen molar-refractivity contribution in [3.05, 3.63) is 70.8 Å². The van der Waals surface area contributed by atoms with Crippen LogP contribution in [-0.4, -0.2) is 68.7 Å². The van der Waals surface area contributed by atoms with Crippen molar-refractivity contribution in [1.29, 1.82) is 0 Å².